The summed E-state index contributed by atoms with van der Waals surface area (Å²) in [5.41, 5.74) is 1.17. The Morgan fingerprint density at radius 1 is 1.38 bits per heavy atom. The summed E-state index contributed by atoms with van der Waals surface area (Å²) in [5.74, 6) is 0.768. The highest BCUT2D eigenvalue weighted by molar-refractivity contribution is 6.30. The molecule has 1 aliphatic carbocycles. The summed E-state index contributed by atoms with van der Waals surface area (Å²) in [4.78, 5) is 13.3. The molecule has 1 saturated carbocycles. The van der Waals surface area contributed by atoms with Crippen LogP contribution in [0.15, 0.2) is 24.3 Å². The van der Waals surface area contributed by atoms with Crippen molar-refractivity contribution in [2.75, 3.05) is 13.6 Å². The SMILES string of the molecule is C[C@H]1CCCC[C@H]1NC(=O)C[NH+](C)Cc1cccc(Cl)c1. The Bertz CT molecular complexity index is 478. The number of hydrogen-bond donors (Lipinski definition) is 2. The summed E-state index contributed by atoms with van der Waals surface area (Å²) < 4.78 is 0. The number of hydrogen-bond acceptors (Lipinski definition) is 1. The first-order valence-corrected chi connectivity index (χ1v) is 8.27. The molecule has 1 fully saturated rings. The van der Waals surface area contributed by atoms with E-state index in [1.807, 2.05) is 25.2 Å². The quantitative estimate of drug-likeness (QED) is 0.857. The maximum absolute atomic E-state index is 12.2. The normalized spacial score (nSPS) is 23.6. The van der Waals surface area contributed by atoms with Crippen LogP contribution < -0.4 is 10.2 Å². The number of amides is 1. The summed E-state index contributed by atoms with van der Waals surface area (Å²) in [5, 5.41) is 3.96. The van der Waals surface area contributed by atoms with Gasteiger partial charge in [0.15, 0.2) is 6.54 Å². The Morgan fingerprint density at radius 2 is 2.14 bits per heavy atom. The fraction of sp³-hybridized carbons (Fsp3) is 0.588. The van der Waals surface area contributed by atoms with Crippen molar-refractivity contribution >= 4 is 17.5 Å². The van der Waals surface area contributed by atoms with E-state index in [-0.39, 0.29) is 5.91 Å². The van der Waals surface area contributed by atoms with Gasteiger partial charge in [-0.3, -0.25) is 4.79 Å². The first kappa shape index (κ1) is 16.3. The minimum absolute atomic E-state index is 0.160. The third-order valence-corrected chi connectivity index (χ3v) is 4.55. The first-order valence-electron chi connectivity index (χ1n) is 7.89. The van der Waals surface area contributed by atoms with E-state index in [2.05, 4.69) is 18.3 Å². The molecule has 0 aromatic heterocycles. The maximum atomic E-state index is 12.2. The second-order valence-electron chi connectivity index (χ2n) is 6.38. The fourth-order valence-electron chi connectivity index (χ4n) is 3.12. The van der Waals surface area contributed by atoms with Crippen LogP contribution in [-0.2, 0) is 11.3 Å². The molecule has 2 N–H and O–H groups in total. The molecule has 116 valence electrons. The van der Waals surface area contributed by atoms with Gasteiger partial charge in [0.25, 0.3) is 5.91 Å². The van der Waals surface area contributed by atoms with Gasteiger partial charge in [-0.05, 0) is 30.9 Å². The third kappa shape index (κ3) is 5.33. The first-order chi connectivity index (χ1) is 10.0. The molecular formula is C17H26ClN2O+. The van der Waals surface area contributed by atoms with Gasteiger partial charge in [-0.2, -0.15) is 0 Å². The summed E-state index contributed by atoms with van der Waals surface area (Å²) in [6, 6.07) is 8.21. The van der Waals surface area contributed by atoms with Crippen LogP contribution in [0.3, 0.4) is 0 Å². The van der Waals surface area contributed by atoms with E-state index in [9.17, 15) is 4.79 Å². The highest BCUT2D eigenvalue weighted by atomic mass is 35.5. The van der Waals surface area contributed by atoms with Crippen molar-refractivity contribution in [1.29, 1.82) is 0 Å². The lowest BCUT2D eigenvalue weighted by Crippen LogP contribution is -3.09. The summed E-state index contributed by atoms with van der Waals surface area (Å²) >= 11 is 5.99. The number of carbonyl (C=O) groups excluding carboxylic acids is 1. The molecule has 0 bridgehead atoms. The van der Waals surface area contributed by atoms with Crippen LogP contribution in [0.1, 0.15) is 38.2 Å². The van der Waals surface area contributed by atoms with Gasteiger partial charge in [0, 0.05) is 16.6 Å². The second-order valence-corrected chi connectivity index (χ2v) is 6.81. The monoisotopic (exact) mass is 309 g/mol. The Labute approximate surface area is 132 Å². The van der Waals surface area contributed by atoms with Crippen LogP contribution in [0.2, 0.25) is 5.02 Å². The molecule has 0 heterocycles. The lowest BCUT2D eigenvalue weighted by Gasteiger charge is -2.29. The summed E-state index contributed by atoms with van der Waals surface area (Å²) in [6.45, 7) is 3.57. The van der Waals surface area contributed by atoms with Crippen molar-refractivity contribution in [1.82, 2.24) is 5.32 Å². The second kappa shape index (κ2) is 7.81. The van der Waals surface area contributed by atoms with Gasteiger partial charge in [-0.1, -0.05) is 43.5 Å². The molecular weight excluding hydrogens is 284 g/mol. The third-order valence-electron chi connectivity index (χ3n) is 4.32. The van der Waals surface area contributed by atoms with Gasteiger partial charge in [0.05, 0.1) is 7.05 Å². The predicted octanol–water partition coefficient (Wildman–Crippen LogP) is 2.05. The Morgan fingerprint density at radius 3 is 2.86 bits per heavy atom. The molecule has 0 spiro atoms. The van der Waals surface area contributed by atoms with Gasteiger partial charge >= 0.3 is 0 Å². The number of halogens is 1. The van der Waals surface area contributed by atoms with Gasteiger partial charge in [0.1, 0.15) is 6.54 Å². The molecule has 0 saturated heterocycles. The number of benzene rings is 1. The zero-order chi connectivity index (χ0) is 15.2. The minimum Gasteiger partial charge on any atom is -0.348 e. The molecule has 3 atom stereocenters. The van der Waals surface area contributed by atoms with Gasteiger partial charge in [-0.25, -0.2) is 0 Å². The average Bonchev–Trinajstić information content (AvgIpc) is 2.41. The smallest absolute Gasteiger partial charge is 0.275 e. The van der Waals surface area contributed by atoms with Crippen LogP contribution in [0.4, 0.5) is 0 Å². The average molecular weight is 310 g/mol. The van der Waals surface area contributed by atoms with Crippen molar-refractivity contribution in [2.45, 2.75) is 45.2 Å². The molecule has 4 heteroatoms. The van der Waals surface area contributed by atoms with Gasteiger partial charge in [-0.15, -0.1) is 0 Å². The molecule has 1 aliphatic rings. The minimum atomic E-state index is 0.160. The van der Waals surface area contributed by atoms with Gasteiger partial charge < -0.3 is 10.2 Å². The molecule has 21 heavy (non-hydrogen) atoms. The molecule has 0 radical (unpaired) electrons. The molecule has 2 rings (SSSR count). The topological polar surface area (TPSA) is 33.5 Å². The van der Waals surface area contributed by atoms with E-state index in [0.717, 1.165) is 18.0 Å². The highest BCUT2D eigenvalue weighted by Crippen LogP contribution is 2.23. The van der Waals surface area contributed by atoms with E-state index in [1.54, 1.807) is 0 Å². The zero-order valence-corrected chi connectivity index (χ0v) is 13.7. The van der Waals surface area contributed by atoms with E-state index >= 15 is 0 Å². The van der Waals surface area contributed by atoms with E-state index in [1.165, 1.54) is 29.7 Å². The van der Waals surface area contributed by atoms with Gasteiger partial charge in [0.2, 0.25) is 0 Å². The lowest BCUT2D eigenvalue weighted by molar-refractivity contribution is -0.885. The van der Waals surface area contributed by atoms with Crippen LogP contribution in [0.25, 0.3) is 0 Å². The highest BCUT2D eigenvalue weighted by Gasteiger charge is 2.23. The number of carbonyl (C=O) groups is 1. The van der Waals surface area contributed by atoms with Crippen molar-refractivity contribution < 1.29 is 9.69 Å². The summed E-state index contributed by atoms with van der Waals surface area (Å²) in [7, 11) is 2.05. The number of quaternary nitrogens is 1. The van der Waals surface area contributed by atoms with Crippen LogP contribution >= 0.6 is 11.6 Å². The largest absolute Gasteiger partial charge is 0.348 e. The number of likely N-dealkylation sites (N-methyl/N-ethyl adjacent to an activating group) is 1. The summed E-state index contributed by atoms with van der Waals surface area (Å²) in [6.07, 6.45) is 4.89. The molecule has 1 amide bonds. The van der Waals surface area contributed by atoms with Crippen molar-refractivity contribution in [2.24, 2.45) is 5.92 Å². The molecule has 1 aromatic rings. The van der Waals surface area contributed by atoms with E-state index in [4.69, 9.17) is 11.6 Å². The fourth-order valence-corrected chi connectivity index (χ4v) is 3.33. The van der Waals surface area contributed by atoms with Crippen LogP contribution in [0.5, 0.6) is 0 Å². The molecule has 0 aliphatic heterocycles. The standard InChI is InChI=1S/C17H25ClN2O/c1-13-6-3-4-9-16(13)19-17(21)12-20(2)11-14-7-5-8-15(18)10-14/h5,7-8,10,13,16H,3-4,6,9,11-12H2,1-2H3,(H,19,21)/p+1/t13-,16+/m0/s1. The maximum Gasteiger partial charge on any atom is 0.275 e. The number of nitrogens with one attached hydrogen (secondary N) is 2. The van der Waals surface area contributed by atoms with Crippen molar-refractivity contribution in [3.8, 4) is 0 Å². The molecule has 1 unspecified atom stereocenters. The predicted molar refractivity (Wildman–Crippen MR) is 86.5 cm³/mol. The van der Waals surface area contributed by atoms with E-state index < -0.39 is 0 Å². The molecule has 3 nitrogen and oxygen atoms in total. The number of rotatable bonds is 5. The van der Waals surface area contributed by atoms with Crippen LogP contribution in [-0.4, -0.2) is 25.5 Å². The van der Waals surface area contributed by atoms with Crippen molar-refractivity contribution in [3.63, 3.8) is 0 Å². The van der Waals surface area contributed by atoms with Crippen LogP contribution in [0, 0.1) is 5.92 Å². The Hall–Kier alpha value is -1.06. The van der Waals surface area contributed by atoms with E-state index in [0.29, 0.717) is 18.5 Å². The lowest BCUT2D eigenvalue weighted by atomic mass is 9.86. The zero-order valence-electron chi connectivity index (χ0n) is 13.0. The Balaban J connectivity index is 1.79. The molecule has 1 aromatic carbocycles. The Kier molecular flexibility index (Phi) is 6.07. The van der Waals surface area contributed by atoms with Crippen molar-refractivity contribution in [3.05, 3.63) is 34.9 Å².